The largest absolute Gasteiger partial charge is 0.405 e. The molecule has 31 heavy (non-hydrogen) atoms. The van der Waals surface area contributed by atoms with E-state index in [2.05, 4.69) is 25.3 Å². The van der Waals surface area contributed by atoms with Crippen LogP contribution in [0.25, 0.3) is 22.4 Å². The summed E-state index contributed by atoms with van der Waals surface area (Å²) in [6.07, 6.45) is 0.589. The molecule has 3 aromatic heterocycles. The van der Waals surface area contributed by atoms with Gasteiger partial charge >= 0.3 is 6.18 Å². The average molecular weight is 452 g/mol. The van der Waals surface area contributed by atoms with Crippen molar-refractivity contribution in [1.29, 1.82) is 0 Å². The molecule has 1 aliphatic heterocycles. The average Bonchev–Trinajstić information content (AvgIpc) is 3.18. The van der Waals surface area contributed by atoms with E-state index in [1.807, 2.05) is 11.4 Å². The summed E-state index contributed by atoms with van der Waals surface area (Å²) >= 11 is 0. The minimum absolute atomic E-state index is 0.125. The molecule has 4 rings (SSSR count). The maximum Gasteiger partial charge on any atom is 0.405 e. The Labute approximate surface area is 177 Å². The number of alkyl halides is 3. The smallest absolute Gasteiger partial charge is 0.356 e. The molecule has 1 fully saturated rings. The van der Waals surface area contributed by atoms with E-state index in [4.69, 9.17) is 0 Å². The molecule has 0 aromatic carbocycles. The number of aromatic amines is 1. The normalized spacial score (nSPS) is 21.7. The number of fused-ring (bicyclic) bond motifs is 1. The van der Waals surface area contributed by atoms with Crippen LogP contribution in [0, 0.1) is 0 Å². The van der Waals surface area contributed by atoms with Crippen molar-refractivity contribution < 1.29 is 22.2 Å². The third kappa shape index (κ3) is 4.68. The van der Waals surface area contributed by atoms with E-state index in [-0.39, 0.29) is 30.2 Å². The number of carbonyl (C=O) groups is 1. The zero-order valence-electron chi connectivity index (χ0n) is 16.2. The van der Waals surface area contributed by atoms with E-state index < -0.39 is 35.0 Å². The number of pyridine rings is 1. The molecule has 0 spiro atoms. The first kappa shape index (κ1) is 21.2. The topological polar surface area (TPSA) is 113 Å². The zero-order chi connectivity index (χ0) is 22.1. The van der Waals surface area contributed by atoms with Crippen LogP contribution in [0.5, 0.6) is 0 Å². The van der Waals surface area contributed by atoms with Gasteiger partial charge in [0.2, 0.25) is 5.91 Å². The SMILES string of the molecule is O=C(NCC(F)(F)F)C1(Nc2ccnc(-c3c[nH]c4ncccc34)n2)CCS(=O)CC1. The molecule has 1 saturated heterocycles. The number of hydrogen-bond donors (Lipinski definition) is 3. The zero-order valence-corrected chi connectivity index (χ0v) is 17.0. The number of nitrogens with zero attached hydrogens (tertiary/aromatic N) is 3. The Balaban J connectivity index is 1.62. The molecule has 0 saturated carbocycles. The maximum atomic E-state index is 12.7. The minimum Gasteiger partial charge on any atom is -0.356 e. The van der Waals surface area contributed by atoms with Crippen LogP contribution in [-0.2, 0) is 15.6 Å². The Morgan fingerprint density at radius 2 is 1.97 bits per heavy atom. The molecule has 12 heteroatoms. The highest BCUT2D eigenvalue weighted by molar-refractivity contribution is 7.85. The minimum atomic E-state index is -4.53. The third-order valence-corrected chi connectivity index (χ3v) is 6.43. The van der Waals surface area contributed by atoms with Crippen LogP contribution in [-0.4, -0.2) is 59.8 Å². The van der Waals surface area contributed by atoms with Gasteiger partial charge in [-0.3, -0.25) is 9.00 Å². The lowest BCUT2D eigenvalue weighted by Crippen LogP contribution is -2.57. The number of amides is 1. The summed E-state index contributed by atoms with van der Waals surface area (Å²) in [7, 11) is -1.11. The van der Waals surface area contributed by atoms with Gasteiger partial charge in [-0.2, -0.15) is 13.2 Å². The summed E-state index contributed by atoms with van der Waals surface area (Å²) in [5.41, 5.74) is 0.0244. The molecule has 3 aromatic rings. The van der Waals surface area contributed by atoms with Crippen molar-refractivity contribution in [2.24, 2.45) is 0 Å². The summed E-state index contributed by atoms with van der Waals surface area (Å²) < 4.78 is 49.7. The third-order valence-electron chi connectivity index (χ3n) is 5.11. The number of hydrogen-bond acceptors (Lipinski definition) is 6. The van der Waals surface area contributed by atoms with Crippen molar-refractivity contribution in [3.63, 3.8) is 0 Å². The molecule has 0 aliphatic carbocycles. The molecule has 0 unspecified atom stereocenters. The van der Waals surface area contributed by atoms with Crippen molar-refractivity contribution in [2.75, 3.05) is 23.4 Å². The van der Waals surface area contributed by atoms with Crippen molar-refractivity contribution in [1.82, 2.24) is 25.3 Å². The number of halogens is 3. The first-order valence-electron chi connectivity index (χ1n) is 9.49. The van der Waals surface area contributed by atoms with Crippen LogP contribution in [0.4, 0.5) is 19.0 Å². The van der Waals surface area contributed by atoms with Gasteiger partial charge in [0.25, 0.3) is 0 Å². The highest BCUT2D eigenvalue weighted by Crippen LogP contribution is 2.29. The monoisotopic (exact) mass is 452 g/mol. The van der Waals surface area contributed by atoms with Gasteiger partial charge in [0.05, 0.1) is 0 Å². The lowest BCUT2D eigenvalue weighted by molar-refractivity contribution is -0.141. The number of aromatic nitrogens is 4. The number of anilines is 1. The van der Waals surface area contributed by atoms with Crippen molar-refractivity contribution in [3.8, 4) is 11.4 Å². The molecule has 0 atom stereocenters. The molecular formula is C19H19F3N6O2S. The highest BCUT2D eigenvalue weighted by Gasteiger charge is 2.43. The first-order chi connectivity index (χ1) is 14.8. The molecule has 3 N–H and O–H groups in total. The second kappa shape index (κ2) is 8.25. The lowest BCUT2D eigenvalue weighted by atomic mass is 9.91. The second-order valence-electron chi connectivity index (χ2n) is 7.22. The standard InChI is InChI=1S/C19H19F3N6O2S/c20-19(21,22)11-26-17(29)18(4-8-31(30)9-5-18)28-14-3-7-24-16(27-14)13-10-25-15-12(13)2-1-6-23-15/h1-3,6-7,10H,4-5,8-9,11H2,(H,23,25)(H,26,29)(H,24,27,28). The van der Waals surface area contributed by atoms with Crippen LogP contribution < -0.4 is 10.6 Å². The molecule has 164 valence electrons. The van der Waals surface area contributed by atoms with Gasteiger partial charge < -0.3 is 15.6 Å². The summed E-state index contributed by atoms with van der Waals surface area (Å²) in [5, 5.41) is 5.77. The van der Waals surface area contributed by atoms with E-state index in [0.717, 1.165) is 5.39 Å². The molecule has 0 bridgehead atoms. The Kier molecular flexibility index (Phi) is 5.65. The van der Waals surface area contributed by atoms with E-state index >= 15 is 0 Å². The fraction of sp³-hybridized carbons (Fsp3) is 0.368. The van der Waals surface area contributed by atoms with Crippen LogP contribution in [0.3, 0.4) is 0 Å². The van der Waals surface area contributed by atoms with E-state index in [9.17, 15) is 22.2 Å². The van der Waals surface area contributed by atoms with Gasteiger partial charge in [-0.05, 0) is 31.0 Å². The molecule has 8 nitrogen and oxygen atoms in total. The van der Waals surface area contributed by atoms with Crippen LogP contribution >= 0.6 is 0 Å². The first-order valence-corrected chi connectivity index (χ1v) is 11.0. The predicted octanol–water partition coefficient (Wildman–Crippen LogP) is 2.39. The van der Waals surface area contributed by atoms with Gasteiger partial charge in [0, 0.05) is 51.8 Å². The number of nitrogens with one attached hydrogen (secondary N) is 3. The van der Waals surface area contributed by atoms with Gasteiger partial charge in [0.15, 0.2) is 5.82 Å². The van der Waals surface area contributed by atoms with Gasteiger partial charge in [-0.25, -0.2) is 15.0 Å². The molecule has 1 amide bonds. The number of H-pyrrole nitrogens is 1. The summed E-state index contributed by atoms with van der Waals surface area (Å²) in [6.45, 7) is -1.43. The Hall–Kier alpha value is -3.02. The van der Waals surface area contributed by atoms with Gasteiger partial charge in [-0.15, -0.1) is 0 Å². The van der Waals surface area contributed by atoms with Gasteiger partial charge in [0.1, 0.15) is 23.5 Å². The van der Waals surface area contributed by atoms with Crippen molar-refractivity contribution >= 4 is 33.6 Å². The highest BCUT2D eigenvalue weighted by atomic mass is 32.2. The Bertz CT molecular complexity index is 1120. The van der Waals surface area contributed by atoms with Gasteiger partial charge in [-0.1, -0.05) is 0 Å². The summed E-state index contributed by atoms with van der Waals surface area (Å²) in [4.78, 5) is 28.7. The number of carbonyl (C=O) groups excluding carboxylic acids is 1. The second-order valence-corrected chi connectivity index (χ2v) is 8.92. The fourth-order valence-electron chi connectivity index (χ4n) is 3.51. The molecule has 1 aliphatic rings. The van der Waals surface area contributed by atoms with E-state index in [1.54, 1.807) is 24.5 Å². The molecule has 0 radical (unpaired) electrons. The van der Waals surface area contributed by atoms with E-state index in [1.165, 1.54) is 6.20 Å². The van der Waals surface area contributed by atoms with E-state index in [0.29, 0.717) is 17.0 Å². The van der Waals surface area contributed by atoms with Crippen molar-refractivity contribution in [2.45, 2.75) is 24.6 Å². The Morgan fingerprint density at radius 3 is 2.71 bits per heavy atom. The van der Waals surface area contributed by atoms with Crippen molar-refractivity contribution in [3.05, 3.63) is 36.8 Å². The quantitative estimate of drug-likeness (QED) is 0.548. The Morgan fingerprint density at radius 1 is 1.19 bits per heavy atom. The molecular weight excluding hydrogens is 433 g/mol. The van der Waals surface area contributed by atoms with Crippen LogP contribution in [0.15, 0.2) is 36.8 Å². The number of rotatable bonds is 5. The molecule has 4 heterocycles. The predicted molar refractivity (Wildman–Crippen MR) is 110 cm³/mol. The fourth-order valence-corrected chi connectivity index (χ4v) is 4.86. The van der Waals surface area contributed by atoms with Crippen LogP contribution in [0.2, 0.25) is 0 Å². The van der Waals surface area contributed by atoms with Crippen LogP contribution in [0.1, 0.15) is 12.8 Å². The maximum absolute atomic E-state index is 12.7. The summed E-state index contributed by atoms with van der Waals surface area (Å²) in [6, 6.07) is 5.19. The lowest BCUT2D eigenvalue weighted by Gasteiger charge is -2.36. The summed E-state index contributed by atoms with van der Waals surface area (Å²) in [5.74, 6) is 0.280.